The van der Waals surface area contributed by atoms with E-state index in [2.05, 4.69) is 31.7 Å². The van der Waals surface area contributed by atoms with Crippen LogP contribution in [0.5, 0.6) is 0 Å². The van der Waals surface area contributed by atoms with Gasteiger partial charge in [0.2, 0.25) is 0 Å². The standard InChI is InChI=1S/C11H13N3S/c1-2-15-7-9(1)6-14-8-13-5-11(14)10-3-12-4-10/h1-2,5,7-8,10,12H,3-4,6H2. The Kier molecular flexibility index (Phi) is 2.31. The van der Waals surface area contributed by atoms with Crippen molar-refractivity contribution < 1.29 is 0 Å². The zero-order valence-electron chi connectivity index (χ0n) is 8.39. The minimum absolute atomic E-state index is 0.658. The van der Waals surface area contributed by atoms with Crippen molar-refractivity contribution in [3.8, 4) is 0 Å². The van der Waals surface area contributed by atoms with E-state index in [1.165, 1.54) is 11.3 Å². The molecular weight excluding hydrogens is 206 g/mol. The van der Waals surface area contributed by atoms with Crippen LogP contribution in [0.15, 0.2) is 29.4 Å². The average Bonchev–Trinajstić information content (AvgIpc) is 2.76. The molecule has 0 amide bonds. The van der Waals surface area contributed by atoms with Crippen molar-refractivity contribution >= 4 is 11.3 Å². The summed E-state index contributed by atoms with van der Waals surface area (Å²) < 4.78 is 2.26. The summed E-state index contributed by atoms with van der Waals surface area (Å²) in [6.45, 7) is 3.14. The molecule has 78 valence electrons. The highest BCUT2D eigenvalue weighted by Crippen LogP contribution is 2.20. The molecule has 0 saturated carbocycles. The van der Waals surface area contributed by atoms with E-state index in [1.807, 2.05) is 12.5 Å². The molecule has 0 aliphatic carbocycles. The SMILES string of the molecule is c1cc(Cn2cncc2C2CNC2)cs1. The van der Waals surface area contributed by atoms with E-state index in [4.69, 9.17) is 0 Å². The van der Waals surface area contributed by atoms with Gasteiger partial charge in [0.25, 0.3) is 0 Å². The van der Waals surface area contributed by atoms with Crippen LogP contribution in [0.25, 0.3) is 0 Å². The van der Waals surface area contributed by atoms with Crippen LogP contribution in [-0.2, 0) is 6.54 Å². The number of nitrogens with one attached hydrogen (secondary N) is 1. The highest BCUT2D eigenvalue weighted by molar-refractivity contribution is 7.07. The fourth-order valence-electron chi connectivity index (χ4n) is 1.88. The van der Waals surface area contributed by atoms with Gasteiger partial charge in [-0.1, -0.05) is 0 Å². The molecule has 15 heavy (non-hydrogen) atoms. The van der Waals surface area contributed by atoms with Crippen LogP contribution in [0.1, 0.15) is 17.2 Å². The molecule has 0 bridgehead atoms. The van der Waals surface area contributed by atoms with Crippen LogP contribution in [0.4, 0.5) is 0 Å². The minimum atomic E-state index is 0.658. The van der Waals surface area contributed by atoms with E-state index in [1.54, 1.807) is 11.3 Å². The molecule has 3 rings (SSSR count). The van der Waals surface area contributed by atoms with E-state index in [0.29, 0.717) is 5.92 Å². The van der Waals surface area contributed by atoms with E-state index < -0.39 is 0 Å². The van der Waals surface area contributed by atoms with Crippen LogP contribution in [0, 0.1) is 0 Å². The summed E-state index contributed by atoms with van der Waals surface area (Å²) in [5.41, 5.74) is 2.73. The van der Waals surface area contributed by atoms with Crippen LogP contribution in [0.2, 0.25) is 0 Å². The maximum atomic E-state index is 4.24. The summed E-state index contributed by atoms with van der Waals surface area (Å²) >= 11 is 1.75. The van der Waals surface area contributed by atoms with Gasteiger partial charge in [-0.3, -0.25) is 0 Å². The first-order valence-electron chi connectivity index (χ1n) is 5.15. The van der Waals surface area contributed by atoms with E-state index in [9.17, 15) is 0 Å². The number of hydrogen-bond donors (Lipinski definition) is 1. The van der Waals surface area contributed by atoms with Gasteiger partial charge < -0.3 is 9.88 Å². The first kappa shape index (κ1) is 9.12. The largest absolute Gasteiger partial charge is 0.330 e. The van der Waals surface area contributed by atoms with E-state index >= 15 is 0 Å². The van der Waals surface area contributed by atoms with E-state index in [0.717, 1.165) is 19.6 Å². The third kappa shape index (κ3) is 1.70. The Bertz CT molecular complexity index is 428. The predicted molar refractivity (Wildman–Crippen MR) is 61.3 cm³/mol. The highest BCUT2D eigenvalue weighted by atomic mass is 32.1. The third-order valence-corrected chi connectivity index (χ3v) is 3.61. The van der Waals surface area contributed by atoms with Crippen LogP contribution in [-0.4, -0.2) is 22.6 Å². The van der Waals surface area contributed by atoms with Gasteiger partial charge in [-0.25, -0.2) is 4.98 Å². The molecular formula is C11H13N3S. The number of imidazole rings is 1. The summed E-state index contributed by atoms with van der Waals surface area (Å²) in [5, 5.41) is 7.62. The number of aromatic nitrogens is 2. The van der Waals surface area contributed by atoms with Crippen molar-refractivity contribution in [2.75, 3.05) is 13.1 Å². The second-order valence-electron chi connectivity index (χ2n) is 3.93. The first-order valence-corrected chi connectivity index (χ1v) is 6.09. The molecule has 1 saturated heterocycles. The Labute approximate surface area is 92.8 Å². The van der Waals surface area contributed by atoms with Gasteiger partial charge in [-0.2, -0.15) is 11.3 Å². The van der Waals surface area contributed by atoms with E-state index in [-0.39, 0.29) is 0 Å². The van der Waals surface area contributed by atoms with Crippen molar-refractivity contribution in [1.82, 2.24) is 14.9 Å². The lowest BCUT2D eigenvalue weighted by Gasteiger charge is -2.27. The van der Waals surface area contributed by atoms with Gasteiger partial charge in [0.15, 0.2) is 0 Å². The van der Waals surface area contributed by atoms with Crippen molar-refractivity contribution in [3.05, 3.63) is 40.6 Å². The number of nitrogens with zero attached hydrogens (tertiary/aromatic N) is 2. The molecule has 4 heteroatoms. The second-order valence-corrected chi connectivity index (χ2v) is 4.71. The molecule has 2 aromatic heterocycles. The van der Waals surface area contributed by atoms with Gasteiger partial charge in [-0.05, 0) is 22.4 Å². The van der Waals surface area contributed by atoms with Crippen molar-refractivity contribution in [3.63, 3.8) is 0 Å². The first-order chi connectivity index (χ1) is 7.43. The zero-order chi connectivity index (χ0) is 10.1. The van der Waals surface area contributed by atoms with Gasteiger partial charge in [-0.15, -0.1) is 0 Å². The molecule has 3 heterocycles. The van der Waals surface area contributed by atoms with Crippen LogP contribution in [0.3, 0.4) is 0 Å². The Morgan fingerprint density at radius 3 is 3.13 bits per heavy atom. The molecule has 0 spiro atoms. The second kappa shape index (κ2) is 3.79. The lowest BCUT2D eigenvalue weighted by molar-refractivity contribution is 0.427. The molecule has 0 atom stereocenters. The Morgan fingerprint density at radius 1 is 1.53 bits per heavy atom. The average molecular weight is 219 g/mol. The van der Waals surface area contributed by atoms with Gasteiger partial charge >= 0.3 is 0 Å². The molecule has 0 radical (unpaired) electrons. The fourth-order valence-corrected chi connectivity index (χ4v) is 2.54. The van der Waals surface area contributed by atoms with Crippen molar-refractivity contribution in [2.24, 2.45) is 0 Å². The number of hydrogen-bond acceptors (Lipinski definition) is 3. The molecule has 2 aromatic rings. The monoisotopic (exact) mass is 219 g/mol. The van der Waals surface area contributed by atoms with Crippen molar-refractivity contribution in [1.29, 1.82) is 0 Å². The topological polar surface area (TPSA) is 29.9 Å². The summed E-state index contributed by atoms with van der Waals surface area (Å²) in [5.74, 6) is 0.658. The quantitative estimate of drug-likeness (QED) is 0.851. The Hall–Kier alpha value is -1.13. The number of rotatable bonds is 3. The molecule has 1 aliphatic rings. The predicted octanol–water partition coefficient (Wildman–Crippen LogP) is 1.68. The van der Waals surface area contributed by atoms with Gasteiger partial charge in [0.05, 0.1) is 6.33 Å². The lowest BCUT2D eigenvalue weighted by Crippen LogP contribution is -2.40. The Morgan fingerprint density at radius 2 is 2.47 bits per heavy atom. The lowest BCUT2D eigenvalue weighted by atomic mass is 10.00. The number of thiophene rings is 1. The molecule has 0 unspecified atom stereocenters. The summed E-state index contributed by atoms with van der Waals surface area (Å²) in [6.07, 6.45) is 3.93. The summed E-state index contributed by atoms with van der Waals surface area (Å²) in [7, 11) is 0. The third-order valence-electron chi connectivity index (χ3n) is 2.88. The molecule has 3 nitrogen and oxygen atoms in total. The summed E-state index contributed by atoms with van der Waals surface area (Å²) in [6, 6.07) is 2.17. The maximum absolute atomic E-state index is 4.24. The normalized spacial score (nSPS) is 16.5. The van der Waals surface area contributed by atoms with Crippen LogP contribution < -0.4 is 5.32 Å². The molecule has 1 N–H and O–H groups in total. The fraction of sp³-hybridized carbons (Fsp3) is 0.364. The molecule has 1 fully saturated rings. The smallest absolute Gasteiger partial charge is 0.0951 e. The van der Waals surface area contributed by atoms with Gasteiger partial charge in [0.1, 0.15) is 0 Å². The molecule has 0 aromatic carbocycles. The summed E-state index contributed by atoms with van der Waals surface area (Å²) in [4.78, 5) is 4.24. The molecule has 1 aliphatic heterocycles. The van der Waals surface area contributed by atoms with Crippen LogP contribution >= 0.6 is 11.3 Å². The van der Waals surface area contributed by atoms with Gasteiger partial charge in [0, 0.05) is 37.4 Å². The Balaban J connectivity index is 1.82. The minimum Gasteiger partial charge on any atom is -0.330 e. The highest BCUT2D eigenvalue weighted by Gasteiger charge is 2.22. The zero-order valence-corrected chi connectivity index (χ0v) is 9.20. The maximum Gasteiger partial charge on any atom is 0.0951 e. The van der Waals surface area contributed by atoms with Crippen molar-refractivity contribution in [2.45, 2.75) is 12.5 Å².